The minimum Gasteiger partial charge on any atom is -0.209 e. The van der Waals surface area contributed by atoms with E-state index in [-0.39, 0.29) is 0 Å². The first-order chi connectivity index (χ1) is 17.3. The van der Waals surface area contributed by atoms with Crippen LogP contribution >= 0.6 is 11.8 Å². The quantitative estimate of drug-likeness (QED) is 0.382. The van der Waals surface area contributed by atoms with Crippen LogP contribution in [0.4, 0.5) is 0 Å². The Kier molecular flexibility index (Phi) is 4.99. The number of hydrogen-bond acceptors (Lipinski definition) is 4. The molecule has 3 aromatic carbocycles. The standard InChI is InChI=1S/C31H23N3S/c1-3-9-20(10-4-1)29-32-30(21-11-5-2-6-12-21)34-31(33-29)23-16-15-22-19-28-26(18-24(22)17-23)25-13-7-8-14-27(25)35-28/h1-5,7-11,13-19,26,28H,6,12H2. The van der Waals surface area contributed by atoms with Crippen molar-refractivity contribution in [3.05, 3.63) is 113 Å². The molecule has 2 unspecified atom stereocenters. The first-order valence-corrected chi connectivity index (χ1v) is 13.0. The summed E-state index contributed by atoms with van der Waals surface area (Å²) >= 11 is 1.97. The Labute approximate surface area is 208 Å². The van der Waals surface area contributed by atoms with Gasteiger partial charge in [-0.05, 0) is 46.5 Å². The van der Waals surface area contributed by atoms with Gasteiger partial charge >= 0.3 is 0 Å². The highest BCUT2D eigenvalue weighted by Gasteiger charge is 2.31. The number of thioether (sulfide) groups is 1. The fraction of sp³-hybridized carbons (Fsp3) is 0.129. The van der Waals surface area contributed by atoms with E-state index in [0.29, 0.717) is 11.2 Å². The maximum Gasteiger partial charge on any atom is 0.164 e. The molecule has 2 aliphatic carbocycles. The van der Waals surface area contributed by atoms with Crippen molar-refractivity contribution in [2.24, 2.45) is 0 Å². The van der Waals surface area contributed by atoms with E-state index in [1.54, 1.807) is 0 Å². The van der Waals surface area contributed by atoms with Crippen LogP contribution in [-0.4, -0.2) is 20.2 Å². The Hall–Kier alpha value is -3.76. The minimum atomic E-state index is 0.409. The zero-order valence-electron chi connectivity index (χ0n) is 19.1. The van der Waals surface area contributed by atoms with E-state index in [4.69, 9.17) is 15.0 Å². The number of benzene rings is 3. The van der Waals surface area contributed by atoms with E-state index in [9.17, 15) is 0 Å². The molecule has 1 aromatic heterocycles. The molecule has 0 spiro atoms. The highest BCUT2D eigenvalue weighted by molar-refractivity contribution is 8.00. The van der Waals surface area contributed by atoms with Crippen molar-refractivity contribution < 1.29 is 0 Å². The second-order valence-electron chi connectivity index (χ2n) is 9.15. The molecule has 7 rings (SSSR count). The molecule has 4 aromatic rings. The van der Waals surface area contributed by atoms with Crippen LogP contribution in [0.15, 0.2) is 95.9 Å². The Bertz CT molecular complexity index is 1640. The van der Waals surface area contributed by atoms with Gasteiger partial charge in [0, 0.05) is 27.2 Å². The normalized spacial score (nSPS) is 19.6. The van der Waals surface area contributed by atoms with Crippen molar-refractivity contribution in [2.45, 2.75) is 28.9 Å². The summed E-state index contributed by atoms with van der Waals surface area (Å²) in [6.45, 7) is 0. The van der Waals surface area contributed by atoms with Crippen molar-refractivity contribution in [1.82, 2.24) is 15.0 Å². The predicted molar refractivity (Wildman–Crippen MR) is 144 cm³/mol. The first-order valence-electron chi connectivity index (χ1n) is 12.1. The van der Waals surface area contributed by atoms with Crippen molar-refractivity contribution in [3.63, 3.8) is 0 Å². The van der Waals surface area contributed by atoms with Gasteiger partial charge in [0.05, 0.1) is 0 Å². The van der Waals surface area contributed by atoms with Crippen LogP contribution in [0.25, 0.3) is 40.5 Å². The van der Waals surface area contributed by atoms with Gasteiger partial charge in [-0.1, -0.05) is 91.0 Å². The molecule has 0 amide bonds. The van der Waals surface area contributed by atoms with Gasteiger partial charge in [-0.25, -0.2) is 15.0 Å². The van der Waals surface area contributed by atoms with Crippen molar-refractivity contribution in [2.75, 3.05) is 0 Å². The molecule has 0 radical (unpaired) electrons. The Morgan fingerprint density at radius 1 is 0.714 bits per heavy atom. The second-order valence-corrected chi connectivity index (χ2v) is 10.4. The minimum absolute atomic E-state index is 0.409. The summed E-state index contributed by atoms with van der Waals surface area (Å²) in [4.78, 5) is 16.1. The topological polar surface area (TPSA) is 38.7 Å². The molecule has 0 N–H and O–H groups in total. The monoisotopic (exact) mass is 469 g/mol. The van der Waals surface area contributed by atoms with Crippen LogP contribution in [0.5, 0.6) is 0 Å². The molecule has 0 bridgehead atoms. The smallest absolute Gasteiger partial charge is 0.164 e. The molecule has 0 saturated carbocycles. The lowest BCUT2D eigenvalue weighted by Gasteiger charge is -2.17. The molecule has 0 saturated heterocycles. The summed E-state index contributed by atoms with van der Waals surface area (Å²) < 4.78 is 0. The third-order valence-corrected chi connectivity index (χ3v) is 8.24. The number of rotatable bonds is 3. The van der Waals surface area contributed by atoms with Gasteiger partial charge in [0.2, 0.25) is 0 Å². The van der Waals surface area contributed by atoms with Gasteiger partial charge in [-0.15, -0.1) is 11.8 Å². The van der Waals surface area contributed by atoms with Crippen LogP contribution in [0.1, 0.15) is 30.1 Å². The lowest BCUT2D eigenvalue weighted by atomic mass is 9.90. The van der Waals surface area contributed by atoms with Gasteiger partial charge in [0.25, 0.3) is 0 Å². The molecule has 2 atom stereocenters. The molecular formula is C31H23N3S. The summed E-state index contributed by atoms with van der Waals surface area (Å²) in [6, 6.07) is 25.6. The van der Waals surface area contributed by atoms with Gasteiger partial charge in [0.15, 0.2) is 17.5 Å². The third kappa shape index (κ3) is 3.75. The van der Waals surface area contributed by atoms with Crippen molar-refractivity contribution in [3.8, 4) is 22.8 Å². The molecule has 168 valence electrons. The van der Waals surface area contributed by atoms with Gasteiger partial charge in [-0.2, -0.15) is 0 Å². The predicted octanol–water partition coefficient (Wildman–Crippen LogP) is 5.77. The lowest BCUT2D eigenvalue weighted by Crippen LogP contribution is -2.32. The van der Waals surface area contributed by atoms with E-state index in [1.165, 1.54) is 20.9 Å². The zero-order valence-corrected chi connectivity index (χ0v) is 20.0. The first kappa shape index (κ1) is 20.6. The van der Waals surface area contributed by atoms with Crippen LogP contribution in [0.3, 0.4) is 0 Å². The average molecular weight is 470 g/mol. The SMILES string of the molecule is C1=CCCC(c2nc(-c3ccccc3)nc(-c3ccc4c(c3)=CC3c5ccccc5SC3C=4)n2)=C1. The van der Waals surface area contributed by atoms with E-state index < -0.39 is 0 Å². The summed E-state index contributed by atoms with van der Waals surface area (Å²) in [7, 11) is 0. The Morgan fingerprint density at radius 3 is 2.37 bits per heavy atom. The van der Waals surface area contributed by atoms with Gasteiger partial charge < -0.3 is 0 Å². The largest absolute Gasteiger partial charge is 0.209 e. The molecule has 4 heteroatoms. The highest BCUT2D eigenvalue weighted by Crippen LogP contribution is 2.47. The number of nitrogens with zero attached hydrogens (tertiary/aromatic N) is 3. The number of fused-ring (bicyclic) bond motifs is 4. The summed E-state index contributed by atoms with van der Waals surface area (Å²) in [5.41, 5.74) is 4.62. The number of hydrogen-bond donors (Lipinski definition) is 0. The fourth-order valence-corrected chi connectivity index (χ4v) is 6.49. The molecule has 3 nitrogen and oxygen atoms in total. The average Bonchev–Trinajstić information content (AvgIpc) is 3.29. The number of allylic oxidation sites excluding steroid dienone is 4. The lowest BCUT2D eigenvalue weighted by molar-refractivity contribution is 0.945. The Morgan fingerprint density at radius 2 is 1.51 bits per heavy atom. The maximum atomic E-state index is 4.95. The van der Waals surface area contributed by atoms with Crippen molar-refractivity contribution in [1.29, 1.82) is 0 Å². The molecule has 35 heavy (non-hydrogen) atoms. The van der Waals surface area contributed by atoms with Crippen LogP contribution in [0, 0.1) is 0 Å². The molecule has 0 fully saturated rings. The number of aromatic nitrogens is 3. The van der Waals surface area contributed by atoms with Gasteiger partial charge in [0.1, 0.15) is 0 Å². The molecular weight excluding hydrogens is 446 g/mol. The summed E-state index contributed by atoms with van der Waals surface area (Å²) in [5, 5.41) is 3.00. The maximum absolute atomic E-state index is 4.95. The van der Waals surface area contributed by atoms with E-state index in [1.807, 2.05) is 30.0 Å². The summed E-state index contributed by atoms with van der Waals surface area (Å²) in [5.74, 6) is 2.62. The van der Waals surface area contributed by atoms with E-state index in [2.05, 4.69) is 85.0 Å². The van der Waals surface area contributed by atoms with Crippen LogP contribution in [-0.2, 0) is 0 Å². The van der Waals surface area contributed by atoms with Crippen molar-refractivity contribution >= 4 is 29.5 Å². The second kappa shape index (κ2) is 8.47. The van der Waals surface area contributed by atoms with E-state index in [0.717, 1.165) is 47.0 Å². The third-order valence-electron chi connectivity index (χ3n) is 6.91. The molecule has 3 aliphatic rings. The molecule has 1 aliphatic heterocycles. The van der Waals surface area contributed by atoms with Gasteiger partial charge in [-0.3, -0.25) is 0 Å². The highest BCUT2D eigenvalue weighted by atomic mass is 32.2. The van der Waals surface area contributed by atoms with Crippen LogP contribution < -0.4 is 10.4 Å². The molecule has 2 heterocycles. The summed E-state index contributed by atoms with van der Waals surface area (Å²) in [6.07, 6.45) is 13.2. The fourth-order valence-electron chi connectivity index (χ4n) is 5.12. The van der Waals surface area contributed by atoms with E-state index >= 15 is 0 Å². The van der Waals surface area contributed by atoms with Crippen LogP contribution in [0.2, 0.25) is 0 Å². The zero-order chi connectivity index (χ0) is 23.2. The Balaban J connectivity index is 1.37.